The molecule has 0 saturated carbocycles. The lowest BCUT2D eigenvalue weighted by Gasteiger charge is -2.38. The van der Waals surface area contributed by atoms with Crippen molar-refractivity contribution in [1.82, 2.24) is 4.90 Å². The van der Waals surface area contributed by atoms with Crippen LogP contribution in [0.2, 0.25) is 18.1 Å². The summed E-state index contributed by atoms with van der Waals surface area (Å²) < 4.78 is 18.7. The van der Waals surface area contributed by atoms with Crippen LogP contribution < -0.4 is 0 Å². The van der Waals surface area contributed by atoms with Crippen molar-refractivity contribution in [2.45, 2.75) is 69.6 Å². The average molecular weight is 472 g/mol. The molecule has 2 aromatic carbocycles. The number of rotatable bonds is 9. The molecule has 1 aliphatic heterocycles. The van der Waals surface area contributed by atoms with Gasteiger partial charge in [-0.05, 0) is 66.6 Å². The van der Waals surface area contributed by atoms with Gasteiger partial charge in [0.2, 0.25) is 5.91 Å². The first kappa shape index (κ1) is 25.1. The highest BCUT2D eigenvalue weighted by Gasteiger charge is 2.40. The molecule has 0 unspecified atom stereocenters. The van der Waals surface area contributed by atoms with Crippen LogP contribution in [0.15, 0.2) is 54.6 Å². The van der Waals surface area contributed by atoms with Gasteiger partial charge in [-0.25, -0.2) is 14.1 Å². The number of nitrogens with zero attached hydrogens (tertiary/aromatic N) is 1. The number of benzene rings is 2. The highest BCUT2D eigenvalue weighted by Crippen LogP contribution is 2.45. The number of hydrogen-bond donors (Lipinski definition) is 1. The fourth-order valence-corrected chi connectivity index (χ4v) is 4.97. The summed E-state index contributed by atoms with van der Waals surface area (Å²) in [6.45, 7) is 8.18. The molecule has 0 spiro atoms. The summed E-state index contributed by atoms with van der Waals surface area (Å²) in [7, 11) is -2.44. The summed E-state index contributed by atoms with van der Waals surface area (Å²) in [5.41, 5.74) is 1.87. The minimum Gasteiger partial charge on any atom is -0.446 e. The van der Waals surface area contributed by atoms with Crippen LogP contribution in [0.1, 0.15) is 62.6 Å². The van der Waals surface area contributed by atoms with E-state index in [1.807, 2.05) is 43.4 Å². The Kier molecular flexibility index (Phi) is 7.75. The topological polar surface area (TPSA) is 66.8 Å². The van der Waals surface area contributed by atoms with Crippen LogP contribution in [0, 0.1) is 5.82 Å². The van der Waals surface area contributed by atoms with Gasteiger partial charge < -0.3 is 9.53 Å². The van der Waals surface area contributed by atoms with Crippen LogP contribution in [0.5, 0.6) is 0 Å². The fourth-order valence-electron chi connectivity index (χ4n) is 4.23. The van der Waals surface area contributed by atoms with Crippen molar-refractivity contribution < 1.29 is 23.5 Å². The maximum absolute atomic E-state index is 13.5. The van der Waals surface area contributed by atoms with Crippen LogP contribution in [-0.2, 0) is 9.53 Å². The molecule has 5 nitrogen and oxygen atoms in total. The summed E-state index contributed by atoms with van der Waals surface area (Å²) in [5.74, 6) is -0.466. The Morgan fingerprint density at radius 2 is 1.82 bits per heavy atom. The lowest BCUT2D eigenvalue weighted by molar-refractivity contribution is -0.129. The molecule has 0 bridgehead atoms. The Balaban J connectivity index is 1.69. The van der Waals surface area contributed by atoms with Gasteiger partial charge in [-0.2, -0.15) is 0 Å². The van der Waals surface area contributed by atoms with Gasteiger partial charge in [0.1, 0.15) is 18.5 Å². The molecule has 0 aromatic heterocycles. The zero-order valence-corrected chi connectivity index (χ0v) is 20.9. The second-order valence-corrected chi connectivity index (χ2v) is 14.5. The molecule has 3 rings (SSSR count). The molecular weight excluding hydrogens is 437 g/mol. The summed E-state index contributed by atoms with van der Waals surface area (Å²) in [4.78, 5) is 37.3. The molecular formula is C26H34FNO4Si. The maximum Gasteiger partial charge on any atom is 0.417 e. The van der Waals surface area contributed by atoms with Gasteiger partial charge in [-0.15, -0.1) is 0 Å². The molecule has 1 saturated heterocycles. The van der Waals surface area contributed by atoms with Crippen molar-refractivity contribution in [2.24, 2.45) is 0 Å². The molecule has 2 amide bonds. The zero-order valence-electron chi connectivity index (χ0n) is 19.9. The van der Waals surface area contributed by atoms with Gasteiger partial charge in [-0.3, -0.25) is 4.79 Å². The van der Waals surface area contributed by atoms with Crippen molar-refractivity contribution >= 4 is 20.3 Å². The van der Waals surface area contributed by atoms with E-state index in [0.29, 0.717) is 12.8 Å². The van der Waals surface area contributed by atoms with Crippen LogP contribution in [0.3, 0.4) is 0 Å². The summed E-state index contributed by atoms with van der Waals surface area (Å²) in [6, 6.07) is 15.5. The molecule has 1 aliphatic rings. The molecule has 0 radical (unpaired) electrons. The Labute approximate surface area is 196 Å². The molecule has 1 heterocycles. The molecule has 7 heteroatoms. The average Bonchev–Trinajstić information content (AvgIpc) is 3.15. The zero-order chi connectivity index (χ0) is 24.2. The largest absolute Gasteiger partial charge is 0.446 e. The second kappa shape index (κ2) is 10.2. The molecule has 2 atom stereocenters. The summed E-state index contributed by atoms with van der Waals surface area (Å²) >= 11 is 0. The fraction of sp³-hybridized carbons (Fsp3) is 0.462. The van der Waals surface area contributed by atoms with E-state index in [4.69, 9.17) is 4.74 Å². The third kappa shape index (κ3) is 6.09. The van der Waals surface area contributed by atoms with Gasteiger partial charge in [0.25, 0.3) is 0 Å². The van der Waals surface area contributed by atoms with Crippen molar-refractivity contribution in [3.8, 4) is 0 Å². The molecule has 0 aliphatic carbocycles. The first-order valence-corrected chi connectivity index (χ1v) is 14.5. The van der Waals surface area contributed by atoms with Gasteiger partial charge in [-0.1, -0.05) is 56.3 Å². The second-order valence-electron chi connectivity index (χ2n) is 10.1. The number of carbonyl (C=O) groups is 2. The smallest absolute Gasteiger partial charge is 0.417 e. The number of halogens is 1. The number of carbonyl (C=O) groups excluding carboxylic acids is 2. The van der Waals surface area contributed by atoms with E-state index >= 15 is 0 Å². The number of imide groups is 1. The first-order chi connectivity index (χ1) is 15.5. The standard InChI is InChI=1S/C26H34FNO4Si/c1-26(2,33(3,4)31)17-21(19-13-15-22(27)16-14-19)11-8-12-24(29)28-23(18-32-25(28)30)20-9-6-5-7-10-20/h5-7,9-10,13-16,21,23,31H,8,11-12,17-18H2,1-4H3/t21-,23-/m1/s1. The Morgan fingerprint density at radius 1 is 1.18 bits per heavy atom. The number of cyclic esters (lactones) is 1. The summed E-state index contributed by atoms with van der Waals surface area (Å²) in [6.07, 6.45) is 1.63. The van der Waals surface area contributed by atoms with E-state index in [-0.39, 0.29) is 35.7 Å². The molecule has 1 N–H and O–H groups in total. The van der Waals surface area contributed by atoms with Crippen molar-refractivity contribution in [1.29, 1.82) is 0 Å². The Morgan fingerprint density at radius 3 is 2.42 bits per heavy atom. The van der Waals surface area contributed by atoms with E-state index in [2.05, 4.69) is 13.8 Å². The minimum absolute atomic E-state index is 0.0720. The highest BCUT2D eigenvalue weighted by atomic mass is 28.4. The predicted octanol–water partition coefficient (Wildman–Crippen LogP) is 6.17. The van der Waals surface area contributed by atoms with Crippen LogP contribution in [0.25, 0.3) is 0 Å². The van der Waals surface area contributed by atoms with E-state index in [0.717, 1.165) is 17.5 Å². The van der Waals surface area contributed by atoms with Crippen LogP contribution >= 0.6 is 0 Å². The van der Waals surface area contributed by atoms with Gasteiger partial charge >= 0.3 is 6.09 Å². The predicted molar refractivity (Wildman–Crippen MR) is 129 cm³/mol. The number of amides is 2. The lowest BCUT2D eigenvalue weighted by atomic mass is 9.85. The normalized spacial score (nSPS) is 17.7. The summed E-state index contributed by atoms with van der Waals surface area (Å²) in [5, 5.41) is -0.257. The quantitative estimate of drug-likeness (QED) is 0.444. The van der Waals surface area contributed by atoms with Crippen LogP contribution in [0.4, 0.5) is 9.18 Å². The lowest BCUT2D eigenvalue weighted by Crippen LogP contribution is -2.40. The van der Waals surface area contributed by atoms with Crippen molar-refractivity contribution in [3.05, 3.63) is 71.5 Å². The Bertz CT molecular complexity index is 957. The SMILES string of the molecule is CC(C)(C[C@@H](CCCC(=O)N1C(=O)OC[C@@H]1c1ccccc1)c1ccc(F)cc1)[Si](C)(C)O. The highest BCUT2D eigenvalue weighted by molar-refractivity contribution is 6.72. The van der Waals surface area contributed by atoms with E-state index in [1.54, 1.807) is 12.1 Å². The number of hydrogen-bond acceptors (Lipinski definition) is 4. The minimum atomic E-state index is -2.44. The van der Waals surface area contributed by atoms with Crippen LogP contribution in [-0.4, -0.2) is 36.6 Å². The molecule has 33 heavy (non-hydrogen) atoms. The number of ether oxygens (including phenoxy) is 1. The third-order valence-corrected chi connectivity index (χ3v) is 10.5. The third-order valence-electron chi connectivity index (χ3n) is 7.02. The van der Waals surface area contributed by atoms with Gasteiger partial charge in [0.15, 0.2) is 8.32 Å². The van der Waals surface area contributed by atoms with E-state index in [1.165, 1.54) is 17.0 Å². The van der Waals surface area contributed by atoms with E-state index < -0.39 is 20.5 Å². The first-order valence-electron chi connectivity index (χ1n) is 11.5. The Hall–Kier alpha value is -2.51. The molecule has 1 fully saturated rings. The van der Waals surface area contributed by atoms with Gasteiger partial charge in [0, 0.05) is 6.42 Å². The maximum atomic E-state index is 13.5. The van der Waals surface area contributed by atoms with E-state index in [9.17, 15) is 18.8 Å². The molecule has 178 valence electrons. The van der Waals surface area contributed by atoms with Gasteiger partial charge in [0.05, 0.1) is 0 Å². The monoisotopic (exact) mass is 471 g/mol. The molecule has 2 aromatic rings. The van der Waals surface area contributed by atoms with Crippen molar-refractivity contribution in [3.63, 3.8) is 0 Å². The van der Waals surface area contributed by atoms with Crippen molar-refractivity contribution in [2.75, 3.05) is 6.61 Å².